The number of amides is 1. The lowest BCUT2D eigenvalue weighted by Gasteiger charge is -2.18. The maximum atomic E-state index is 13.6. The number of likely N-dealkylation sites (N-methyl/N-ethyl adjacent to an activating group) is 1. The third-order valence-corrected chi connectivity index (χ3v) is 6.86. The van der Waals surface area contributed by atoms with Gasteiger partial charge in [-0.05, 0) is 62.9 Å². The van der Waals surface area contributed by atoms with E-state index in [-0.39, 0.29) is 17.0 Å². The number of anilines is 3. The molecule has 200 valence electrons. The first kappa shape index (κ1) is 26.3. The zero-order valence-corrected chi connectivity index (χ0v) is 22.0. The number of carbonyl (C=O) groups is 1. The molecule has 2 heterocycles. The molecule has 38 heavy (non-hydrogen) atoms. The van der Waals surface area contributed by atoms with E-state index in [1.807, 2.05) is 13.1 Å². The van der Waals surface area contributed by atoms with Crippen molar-refractivity contribution >= 4 is 45.6 Å². The molecule has 2 aromatic carbocycles. The van der Waals surface area contributed by atoms with Gasteiger partial charge in [0.2, 0.25) is 5.91 Å². The Balaban J connectivity index is 1.33. The van der Waals surface area contributed by atoms with Crippen LogP contribution in [0.1, 0.15) is 25.7 Å². The highest BCUT2D eigenvalue weighted by atomic mass is 35.5. The summed E-state index contributed by atoms with van der Waals surface area (Å²) >= 11 is 5.94. The summed E-state index contributed by atoms with van der Waals surface area (Å²) in [5, 5.41) is 6.79. The lowest BCUT2D eigenvalue weighted by atomic mass is 10.1. The molecular formula is C28H31ClFN5O3. The van der Waals surface area contributed by atoms with Crippen LogP contribution in [0.25, 0.3) is 10.9 Å². The van der Waals surface area contributed by atoms with Gasteiger partial charge in [-0.1, -0.05) is 17.7 Å². The first-order valence-electron chi connectivity index (χ1n) is 12.9. The number of ether oxygens (including phenoxy) is 2. The van der Waals surface area contributed by atoms with E-state index in [1.54, 1.807) is 18.2 Å². The molecule has 0 bridgehead atoms. The fraction of sp³-hybridized carbons (Fsp3) is 0.393. The van der Waals surface area contributed by atoms with Crippen molar-refractivity contribution in [2.45, 2.75) is 31.8 Å². The Hall–Kier alpha value is -3.27. The second kappa shape index (κ2) is 12.1. The van der Waals surface area contributed by atoms with Crippen molar-refractivity contribution in [1.82, 2.24) is 14.9 Å². The number of hydrogen-bond donors (Lipinski definition) is 2. The van der Waals surface area contributed by atoms with Crippen LogP contribution in [0.3, 0.4) is 0 Å². The van der Waals surface area contributed by atoms with Gasteiger partial charge in [0, 0.05) is 42.9 Å². The minimum atomic E-state index is -0.502. The van der Waals surface area contributed by atoms with E-state index in [9.17, 15) is 9.18 Å². The summed E-state index contributed by atoms with van der Waals surface area (Å²) in [5.74, 6) is 0.824. The summed E-state index contributed by atoms with van der Waals surface area (Å²) in [6, 6.07) is 7.94. The largest absolute Gasteiger partial charge is 0.491 e. The van der Waals surface area contributed by atoms with Gasteiger partial charge in [0.05, 0.1) is 28.9 Å². The maximum Gasteiger partial charge on any atom is 0.248 e. The number of carbonyl (C=O) groups excluding carboxylic acids is 1. The molecule has 8 nitrogen and oxygen atoms in total. The predicted molar refractivity (Wildman–Crippen MR) is 147 cm³/mol. The molecular weight excluding hydrogens is 509 g/mol. The van der Waals surface area contributed by atoms with Crippen LogP contribution in [0.5, 0.6) is 5.75 Å². The molecule has 1 aliphatic heterocycles. The van der Waals surface area contributed by atoms with E-state index in [2.05, 4.69) is 25.5 Å². The molecule has 3 aromatic rings. The van der Waals surface area contributed by atoms with E-state index >= 15 is 0 Å². The average molecular weight is 540 g/mol. The molecule has 10 heteroatoms. The first-order valence-corrected chi connectivity index (χ1v) is 13.2. The highest BCUT2D eigenvalue weighted by molar-refractivity contribution is 6.31. The fourth-order valence-corrected chi connectivity index (χ4v) is 4.51. The summed E-state index contributed by atoms with van der Waals surface area (Å²) in [5.41, 5.74) is 1.74. The van der Waals surface area contributed by atoms with Crippen LogP contribution < -0.4 is 15.4 Å². The molecule has 2 aliphatic rings. The summed E-state index contributed by atoms with van der Waals surface area (Å²) in [7, 11) is 2.01. The van der Waals surface area contributed by atoms with Crippen molar-refractivity contribution < 1.29 is 18.7 Å². The normalized spacial score (nSPS) is 17.4. The third kappa shape index (κ3) is 6.98. The van der Waals surface area contributed by atoms with Gasteiger partial charge in [-0.2, -0.15) is 0 Å². The predicted octanol–water partition coefficient (Wildman–Crippen LogP) is 5.56. The summed E-state index contributed by atoms with van der Waals surface area (Å²) in [4.78, 5) is 23.7. The second-order valence-corrected chi connectivity index (χ2v) is 10.3. The second-order valence-electron chi connectivity index (χ2n) is 9.84. The first-order chi connectivity index (χ1) is 18.4. The zero-order chi connectivity index (χ0) is 26.5. The van der Waals surface area contributed by atoms with Gasteiger partial charge >= 0.3 is 0 Å². The van der Waals surface area contributed by atoms with E-state index in [0.717, 1.165) is 38.8 Å². The van der Waals surface area contributed by atoms with Crippen molar-refractivity contribution in [3.05, 3.63) is 59.7 Å². The molecule has 1 unspecified atom stereocenters. The molecule has 0 radical (unpaired) electrons. The maximum absolute atomic E-state index is 13.6. The van der Waals surface area contributed by atoms with E-state index in [1.165, 1.54) is 24.5 Å². The van der Waals surface area contributed by atoms with E-state index in [4.69, 9.17) is 21.1 Å². The third-order valence-electron chi connectivity index (χ3n) is 6.57. The van der Waals surface area contributed by atoms with E-state index in [0.29, 0.717) is 52.9 Å². The minimum Gasteiger partial charge on any atom is -0.491 e. The summed E-state index contributed by atoms with van der Waals surface area (Å²) in [6.07, 6.45) is 9.55. The number of halogens is 2. The van der Waals surface area contributed by atoms with Gasteiger partial charge in [0.15, 0.2) is 0 Å². The number of benzene rings is 2. The minimum absolute atomic E-state index is 0.00489. The van der Waals surface area contributed by atoms with Crippen LogP contribution in [0.2, 0.25) is 5.02 Å². The number of rotatable bonds is 11. The average Bonchev–Trinajstić information content (AvgIpc) is 3.59. The molecule has 2 N–H and O–H groups in total. The van der Waals surface area contributed by atoms with Gasteiger partial charge in [-0.3, -0.25) is 4.79 Å². The standard InChI is InChI=1S/C28H31ClFN5O3/c1-35(15-20-4-3-11-37-20)10-2-5-27(36)34-25-13-21-24(14-26(25)38-16-18-6-7-18)31-17-32-28(21)33-19-8-9-23(30)22(29)12-19/h2,5,8-9,12-14,17-18,20H,3-4,6-7,10-11,15-16H2,1H3,(H,34,36)(H,31,32,33)/b5-2+. The fourth-order valence-electron chi connectivity index (χ4n) is 4.33. The number of aromatic nitrogens is 2. The lowest BCUT2D eigenvalue weighted by Crippen LogP contribution is -2.28. The molecule has 1 atom stereocenters. The zero-order valence-electron chi connectivity index (χ0n) is 21.3. The summed E-state index contributed by atoms with van der Waals surface area (Å²) < 4.78 is 25.4. The molecule has 1 amide bonds. The molecule has 2 fully saturated rings. The lowest BCUT2D eigenvalue weighted by molar-refractivity contribution is -0.111. The highest BCUT2D eigenvalue weighted by Gasteiger charge is 2.23. The number of hydrogen-bond acceptors (Lipinski definition) is 7. The van der Waals surface area contributed by atoms with Crippen molar-refractivity contribution in [3.8, 4) is 5.75 Å². The van der Waals surface area contributed by atoms with Crippen LogP contribution in [0.15, 0.2) is 48.8 Å². The Bertz CT molecular complexity index is 1330. The van der Waals surface area contributed by atoms with Crippen LogP contribution in [0, 0.1) is 11.7 Å². The molecule has 1 aromatic heterocycles. The Morgan fingerprint density at radius 1 is 1.26 bits per heavy atom. The number of nitrogens with one attached hydrogen (secondary N) is 2. The smallest absolute Gasteiger partial charge is 0.248 e. The van der Waals surface area contributed by atoms with Gasteiger partial charge in [0.1, 0.15) is 23.7 Å². The van der Waals surface area contributed by atoms with Gasteiger partial charge in [0.25, 0.3) is 0 Å². The van der Waals surface area contributed by atoms with Gasteiger partial charge in [-0.25, -0.2) is 14.4 Å². The van der Waals surface area contributed by atoms with Crippen LogP contribution in [-0.2, 0) is 9.53 Å². The number of nitrogens with zero attached hydrogens (tertiary/aromatic N) is 3. The van der Waals surface area contributed by atoms with Crippen LogP contribution >= 0.6 is 11.6 Å². The SMILES string of the molecule is CN(C/C=C/C(=O)Nc1cc2c(Nc3ccc(F)c(Cl)c3)ncnc2cc1OCC1CC1)CC1CCCO1. The van der Waals surface area contributed by atoms with Crippen molar-refractivity contribution in [2.75, 3.05) is 44.0 Å². The molecule has 1 saturated carbocycles. The molecule has 1 aliphatic carbocycles. The van der Waals surface area contributed by atoms with Crippen LogP contribution in [0.4, 0.5) is 21.6 Å². The number of fused-ring (bicyclic) bond motifs is 1. The van der Waals surface area contributed by atoms with Crippen molar-refractivity contribution in [1.29, 1.82) is 0 Å². The molecule has 5 rings (SSSR count). The van der Waals surface area contributed by atoms with Crippen molar-refractivity contribution in [3.63, 3.8) is 0 Å². The van der Waals surface area contributed by atoms with Gasteiger partial charge < -0.3 is 25.0 Å². The Labute approximate surface area is 226 Å². The monoisotopic (exact) mass is 539 g/mol. The Kier molecular flexibility index (Phi) is 8.36. The van der Waals surface area contributed by atoms with E-state index < -0.39 is 5.82 Å². The van der Waals surface area contributed by atoms with Gasteiger partial charge in [-0.15, -0.1) is 0 Å². The quantitative estimate of drug-likeness (QED) is 0.308. The summed E-state index contributed by atoms with van der Waals surface area (Å²) in [6.45, 7) is 2.89. The highest BCUT2D eigenvalue weighted by Crippen LogP contribution is 2.36. The molecule has 1 saturated heterocycles. The van der Waals surface area contributed by atoms with Crippen LogP contribution in [-0.4, -0.2) is 60.2 Å². The Morgan fingerprint density at radius 2 is 2.13 bits per heavy atom. The molecule has 0 spiro atoms. The topological polar surface area (TPSA) is 88.6 Å². The van der Waals surface area contributed by atoms with Crippen molar-refractivity contribution in [2.24, 2.45) is 5.92 Å². The Morgan fingerprint density at radius 3 is 2.89 bits per heavy atom.